The van der Waals surface area contributed by atoms with Crippen LogP contribution in [0.5, 0.6) is 0 Å². The van der Waals surface area contributed by atoms with Crippen LogP contribution in [0.4, 0.5) is 10.5 Å². The first-order chi connectivity index (χ1) is 10.0. The summed E-state index contributed by atoms with van der Waals surface area (Å²) in [6.07, 6.45) is 1.43. The minimum atomic E-state index is -1.02. The normalized spacial score (nSPS) is 17.4. The van der Waals surface area contributed by atoms with Crippen molar-refractivity contribution in [1.29, 1.82) is 0 Å². The molecule has 3 N–H and O–H groups in total. The zero-order valence-electron chi connectivity index (χ0n) is 11.6. The monoisotopic (exact) mass is 291 g/mol. The third kappa shape index (κ3) is 3.31. The second kappa shape index (κ2) is 6.25. The Morgan fingerprint density at radius 2 is 1.90 bits per heavy atom. The van der Waals surface area contributed by atoms with Gasteiger partial charge in [0.1, 0.15) is 6.04 Å². The molecule has 0 saturated carbocycles. The van der Waals surface area contributed by atoms with E-state index in [-0.39, 0.29) is 17.5 Å². The van der Waals surface area contributed by atoms with Crippen molar-refractivity contribution in [1.82, 2.24) is 10.2 Å². The Labute approximate surface area is 121 Å². The number of carboxylic acid groups (broad SMARTS) is 1. The third-order valence-electron chi connectivity index (χ3n) is 3.45. The number of likely N-dealkylation sites (tertiary alicyclic amines) is 1. The standard InChI is InChI=1S/C14H17N3O4/c1-15-12(18)11-3-2-8-17(11)14(21)16-10-6-4-9(5-7-10)13(19)20/h4-7,11H,2-3,8H2,1H3,(H,15,18)(H,16,21)(H,19,20). The molecule has 7 heteroatoms. The molecule has 7 nitrogen and oxygen atoms in total. The molecular weight excluding hydrogens is 274 g/mol. The van der Waals surface area contributed by atoms with Crippen LogP contribution in [0.15, 0.2) is 24.3 Å². The number of benzene rings is 1. The molecule has 2 rings (SSSR count). The summed E-state index contributed by atoms with van der Waals surface area (Å²) in [6.45, 7) is 0.525. The van der Waals surface area contributed by atoms with Gasteiger partial charge in [-0.05, 0) is 37.1 Å². The Kier molecular flexibility index (Phi) is 4.42. The number of carbonyl (C=O) groups excluding carboxylic acids is 2. The number of urea groups is 1. The first-order valence-corrected chi connectivity index (χ1v) is 6.65. The summed E-state index contributed by atoms with van der Waals surface area (Å²) < 4.78 is 0. The van der Waals surface area contributed by atoms with Crippen LogP contribution < -0.4 is 10.6 Å². The van der Waals surface area contributed by atoms with Crippen molar-refractivity contribution in [3.8, 4) is 0 Å². The van der Waals surface area contributed by atoms with Crippen molar-refractivity contribution in [2.24, 2.45) is 0 Å². The highest BCUT2D eigenvalue weighted by atomic mass is 16.4. The second-order valence-corrected chi connectivity index (χ2v) is 4.78. The lowest BCUT2D eigenvalue weighted by Gasteiger charge is -2.23. The molecule has 1 aliphatic rings. The number of amides is 3. The predicted molar refractivity (Wildman–Crippen MR) is 76.2 cm³/mol. The highest BCUT2D eigenvalue weighted by Crippen LogP contribution is 2.19. The van der Waals surface area contributed by atoms with E-state index in [1.807, 2.05) is 0 Å². The lowest BCUT2D eigenvalue weighted by Crippen LogP contribution is -2.46. The molecule has 1 aromatic carbocycles. The molecule has 112 valence electrons. The number of nitrogens with zero attached hydrogens (tertiary/aromatic N) is 1. The zero-order valence-corrected chi connectivity index (χ0v) is 11.6. The Balaban J connectivity index is 2.03. The molecular formula is C14H17N3O4. The Hall–Kier alpha value is -2.57. The van der Waals surface area contributed by atoms with E-state index in [0.717, 1.165) is 6.42 Å². The quantitative estimate of drug-likeness (QED) is 0.777. The Morgan fingerprint density at radius 1 is 1.24 bits per heavy atom. The Morgan fingerprint density at radius 3 is 2.48 bits per heavy atom. The van der Waals surface area contributed by atoms with Crippen molar-refractivity contribution >= 4 is 23.6 Å². The molecule has 0 spiro atoms. The van der Waals surface area contributed by atoms with E-state index in [1.165, 1.54) is 29.2 Å². The topological polar surface area (TPSA) is 98.7 Å². The number of likely N-dealkylation sites (N-methyl/N-ethyl adjacent to an activating group) is 1. The van der Waals surface area contributed by atoms with Crippen molar-refractivity contribution < 1.29 is 19.5 Å². The number of rotatable bonds is 3. The summed E-state index contributed by atoms with van der Waals surface area (Å²) in [6, 6.07) is 5.06. The maximum absolute atomic E-state index is 12.2. The molecule has 1 unspecified atom stereocenters. The number of carbonyl (C=O) groups is 3. The third-order valence-corrected chi connectivity index (χ3v) is 3.45. The van der Waals surface area contributed by atoms with E-state index in [9.17, 15) is 14.4 Å². The van der Waals surface area contributed by atoms with Gasteiger partial charge in [0.05, 0.1) is 5.56 Å². The fraction of sp³-hybridized carbons (Fsp3) is 0.357. The highest BCUT2D eigenvalue weighted by molar-refractivity contribution is 5.95. The average molecular weight is 291 g/mol. The number of hydrogen-bond acceptors (Lipinski definition) is 3. The smallest absolute Gasteiger partial charge is 0.335 e. The lowest BCUT2D eigenvalue weighted by atomic mass is 10.2. The predicted octanol–water partition coefficient (Wildman–Crippen LogP) is 1.13. The van der Waals surface area contributed by atoms with Gasteiger partial charge in [-0.15, -0.1) is 0 Å². The fourth-order valence-electron chi connectivity index (χ4n) is 2.34. The molecule has 0 aliphatic carbocycles. The van der Waals surface area contributed by atoms with Gasteiger partial charge in [0.25, 0.3) is 0 Å². The van der Waals surface area contributed by atoms with Gasteiger partial charge < -0.3 is 20.6 Å². The van der Waals surface area contributed by atoms with E-state index >= 15 is 0 Å². The average Bonchev–Trinajstić information content (AvgIpc) is 2.96. The van der Waals surface area contributed by atoms with Gasteiger partial charge in [-0.25, -0.2) is 9.59 Å². The Bertz CT molecular complexity index is 556. The summed E-state index contributed by atoms with van der Waals surface area (Å²) in [5, 5.41) is 14.0. The summed E-state index contributed by atoms with van der Waals surface area (Å²) in [7, 11) is 1.54. The van der Waals surface area contributed by atoms with Crippen LogP contribution in [0, 0.1) is 0 Å². The zero-order chi connectivity index (χ0) is 15.4. The molecule has 3 amide bonds. The molecule has 1 aliphatic heterocycles. The summed E-state index contributed by atoms with van der Waals surface area (Å²) in [5.74, 6) is -1.20. The van der Waals surface area contributed by atoms with Crippen LogP contribution in [-0.4, -0.2) is 47.5 Å². The van der Waals surface area contributed by atoms with Gasteiger partial charge >= 0.3 is 12.0 Å². The number of nitrogens with one attached hydrogen (secondary N) is 2. The molecule has 0 aromatic heterocycles. The molecule has 1 atom stereocenters. The van der Waals surface area contributed by atoms with Gasteiger partial charge in [-0.3, -0.25) is 4.79 Å². The largest absolute Gasteiger partial charge is 0.478 e. The van der Waals surface area contributed by atoms with E-state index in [0.29, 0.717) is 18.7 Å². The van der Waals surface area contributed by atoms with Crippen LogP contribution in [0.3, 0.4) is 0 Å². The maximum atomic E-state index is 12.2. The van der Waals surface area contributed by atoms with Crippen LogP contribution >= 0.6 is 0 Å². The van der Waals surface area contributed by atoms with E-state index in [2.05, 4.69) is 10.6 Å². The lowest BCUT2D eigenvalue weighted by molar-refractivity contribution is -0.124. The van der Waals surface area contributed by atoms with Crippen molar-refractivity contribution in [3.63, 3.8) is 0 Å². The minimum Gasteiger partial charge on any atom is -0.478 e. The van der Waals surface area contributed by atoms with Gasteiger partial charge in [0, 0.05) is 19.3 Å². The molecule has 1 saturated heterocycles. The van der Waals surface area contributed by atoms with Crippen LogP contribution in [-0.2, 0) is 4.79 Å². The maximum Gasteiger partial charge on any atom is 0.335 e. The number of anilines is 1. The van der Waals surface area contributed by atoms with Crippen molar-refractivity contribution in [2.45, 2.75) is 18.9 Å². The van der Waals surface area contributed by atoms with Crippen LogP contribution in [0.1, 0.15) is 23.2 Å². The van der Waals surface area contributed by atoms with Crippen LogP contribution in [0.2, 0.25) is 0 Å². The van der Waals surface area contributed by atoms with Crippen molar-refractivity contribution in [3.05, 3.63) is 29.8 Å². The molecule has 21 heavy (non-hydrogen) atoms. The SMILES string of the molecule is CNC(=O)C1CCCN1C(=O)Nc1ccc(C(=O)O)cc1. The second-order valence-electron chi connectivity index (χ2n) is 4.78. The van der Waals surface area contributed by atoms with Gasteiger partial charge in [-0.1, -0.05) is 0 Å². The first-order valence-electron chi connectivity index (χ1n) is 6.65. The van der Waals surface area contributed by atoms with Crippen molar-refractivity contribution in [2.75, 3.05) is 18.9 Å². The van der Waals surface area contributed by atoms with E-state index in [4.69, 9.17) is 5.11 Å². The minimum absolute atomic E-state index is 0.150. The van der Waals surface area contributed by atoms with E-state index < -0.39 is 12.0 Å². The molecule has 0 radical (unpaired) electrons. The first kappa shape index (κ1) is 14.8. The summed E-state index contributed by atoms with van der Waals surface area (Å²) >= 11 is 0. The fourth-order valence-corrected chi connectivity index (χ4v) is 2.34. The summed E-state index contributed by atoms with van der Waals surface area (Å²) in [5.41, 5.74) is 0.643. The number of carboxylic acids is 1. The molecule has 1 fully saturated rings. The van der Waals surface area contributed by atoms with Gasteiger partial charge in [-0.2, -0.15) is 0 Å². The highest BCUT2D eigenvalue weighted by Gasteiger charge is 2.33. The van der Waals surface area contributed by atoms with Gasteiger partial charge in [0.15, 0.2) is 0 Å². The van der Waals surface area contributed by atoms with E-state index in [1.54, 1.807) is 7.05 Å². The number of aromatic carboxylic acids is 1. The number of hydrogen-bond donors (Lipinski definition) is 3. The molecule has 1 heterocycles. The molecule has 1 aromatic rings. The van der Waals surface area contributed by atoms with Crippen LogP contribution in [0.25, 0.3) is 0 Å². The summed E-state index contributed by atoms with van der Waals surface area (Å²) in [4.78, 5) is 36.1. The molecule has 0 bridgehead atoms. The van der Waals surface area contributed by atoms with Gasteiger partial charge in [0.2, 0.25) is 5.91 Å².